The van der Waals surface area contributed by atoms with Crippen LogP contribution in [0.2, 0.25) is 0 Å². The minimum Gasteiger partial charge on any atom is -0.506 e. The predicted octanol–water partition coefficient (Wildman–Crippen LogP) is 2.09. The molecule has 0 aliphatic rings. The zero-order valence-corrected chi connectivity index (χ0v) is 9.49. The number of carbonyl (C=O) groups excluding carboxylic acids is 1. The van der Waals surface area contributed by atoms with Gasteiger partial charge in [-0.05, 0) is 18.6 Å². The van der Waals surface area contributed by atoms with E-state index < -0.39 is 5.91 Å². The zero-order valence-electron chi connectivity index (χ0n) is 9.49. The Morgan fingerprint density at radius 2 is 2.19 bits per heavy atom. The molecular weight excluding hydrogens is 204 g/mol. The Hall–Kier alpha value is -1.71. The minimum absolute atomic E-state index is 0.0628. The maximum Gasteiger partial charge on any atom is 0.250 e. The van der Waals surface area contributed by atoms with E-state index in [0.29, 0.717) is 11.3 Å². The van der Waals surface area contributed by atoms with E-state index in [-0.39, 0.29) is 5.75 Å². The summed E-state index contributed by atoms with van der Waals surface area (Å²) < 4.78 is 0. The molecule has 0 aromatic heterocycles. The maximum atomic E-state index is 11.1. The van der Waals surface area contributed by atoms with E-state index in [2.05, 4.69) is 12.2 Å². The molecule has 0 unspecified atom stereocenters. The molecule has 0 heterocycles. The Labute approximate surface area is 95.5 Å². The number of anilines is 1. The van der Waals surface area contributed by atoms with E-state index >= 15 is 0 Å². The van der Waals surface area contributed by atoms with Gasteiger partial charge in [-0.2, -0.15) is 0 Å². The molecule has 4 nitrogen and oxygen atoms in total. The molecule has 88 valence electrons. The van der Waals surface area contributed by atoms with E-state index in [1.165, 1.54) is 6.07 Å². The lowest BCUT2D eigenvalue weighted by Gasteiger charge is -2.11. The molecule has 1 amide bonds. The quantitative estimate of drug-likeness (QED) is 0.509. The number of nitrogens with one attached hydrogen (secondary N) is 1. The van der Waals surface area contributed by atoms with E-state index in [1.54, 1.807) is 12.1 Å². The van der Waals surface area contributed by atoms with Crippen LogP contribution in [0.1, 0.15) is 36.5 Å². The molecule has 0 saturated carbocycles. The minimum atomic E-state index is -0.533. The predicted molar refractivity (Wildman–Crippen MR) is 64.6 cm³/mol. The van der Waals surface area contributed by atoms with Gasteiger partial charge in [0, 0.05) is 6.54 Å². The molecule has 0 fully saturated rings. The smallest absolute Gasteiger partial charge is 0.250 e. The van der Waals surface area contributed by atoms with Crippen molar-refractivity contribution in [2.45, 2.75) is 26.2 Å². The zero-order chi connectivity index (χ0) is 12.0. The second-order valence-corrected chi connectivity index (χ2v) is 3.70. The highest BCUT2D eigenvalue weighted by molar-refractivity contribution is 5.99. The van der Waals surface area contributed by atoms with Crippen LogP contribution in [0.4, 0.5) is 5.69 Å². The Morgan fingerprint density at radius 3 is 2.81 bits per heavy atom. The number of carbonyl (C=O) groups is 1. The molecule has 16 heavy (non-hydrogen) atoms. The number of benzene rings is 1. The number of hydrogen-bond donors (Lipinski definition) is 3. The number of para-hydroxylation sites is 1. The number of phenolic OH excluding ortho intramolecular Hbond substituents is 1. The number of nitrogens with two attached hydrogens (primary N) is 1. The Morgan fingerprint density at radius 1 is 1.44 bits per heavy atom. The van der Waals surface area contributed by atoms with Gasteiger partial charge in [0.2, 0.25) is 0 Å². The molecule has 1 aromatic carbocycles. The summed E-state index contributed by atoms with van der Waals surface area (Å²) in [7, 11) is 0. The molecule has 1 rings (SSSR count). The fraction of sp³-hybridized carbons (Fsp3) is 0.417. The van der Waals surface area contributed by atoms with Crippen molar-refractivity contribution in [1.29, 1.82) is 0 Å². The topological polar surface area (TPSA) is 75.3 Å². The summed E-state index contributed by atoms with van der Waals surface area (Å²) >= 11 is 0. The standard InChI is InChI=1S/C12H18N2O2/c1-2-3-4-8-14-11-9(12(13)16)6-5-7-10(11)15/h5-7,14-15H,2-4,8H2,1H3,(H2,13,16). The van der Waals surface area contributed by atoms with Crippen molar-refractivity contribution in [1.82, 2.24) is 0 Å². The summed E-state index contributed by atoms with van der Waals surface area (Å²) in [6.45, 7) is 2.85. The third-order valence-corrected chi connectivity index (χ3v) is 2.39. The van der Waals surface area contributed by atoms with Gasteiger partial charge in [0.15, 0.2) is 0 Å². The molecule has 1 aromatic rings. The van der Waals surface area contributed by atoms with Crippen molar-refractivity contribution >= 4 is 11.6 Å². The van der Waals surface area contributed by atoms with Gasteiger partial charge in [-0.1, -0.05) is 25.8 Å². The number of unbranched alkanes of at least 4 members (excludes halogenated alkanes) is 2. The van der Waals surface area contributed by atoms with Gasteiger partial charge in [-0.25, -0.2) is 0 Å². The Kier molecular flexibility index (Phi) is 4.64. The fourth-order valence-electron chi connectivity index (χ4n) is 1.52. The van der Waals surface area contributed by atoms with Gasteiger partial charge in [0.05, 0.1) is 11.3 Å². The summed E-state index contributed by atoms with van der Waals surface area (Å²) in [4.78, 5) is 11.1. The van der Waals surface area contributed by atoms with Crippen molar-refractivity contribution in [3.8, 4) is 5.75 Å². The van der Waals surface area contributed by atoms with Crippen molar-refractivity contribution in [2.24, 2.45) is 5.73 Å². The van der Waals surface area contributed by atoms with E-state index in [4.69, 9.17) is 5.73 Å². The molecule has 0 spiro atoms. The van der Waals surface area contributed by atoms with Gasteiger partial charge >= 0.3 is 0 Å². The van der Waals surface area contributed by atoms with E-state index in [9.17, 15) is 9.90 Å². The van der Waals surface area contributed by atoms with E-state index in [1.807, 2.05) is 0 Å². The monoisotopic (exact) mass is 222 g/mol. The molecule has 0 radical (unpaired) electrons. The molecule has 0 aliphatic heterocycles. The highest BCUT2D eigenvalue weighted by atomic mass is 16.3. The number of amides is 1. The molecule has 0 saturated heterocycles. The maximum absolute atomic E-state index is 11.1. The molecule has 4 heteroatoms. The largest absolute Gasteiger partial charge is 0.506 e. The lowest BCUT2D eigenvalue weighted by atomic mass is 10.1. The number of aromatic hydroxyl groups is 1. The summed E-state index contributed by atoms with van der Waals surface area (Å²) in [5.74, 6) is -0.471. The third kappa shape index (κ3) is 3.15. The molecule has 4 N–H and O–H groups in total. The first-order chi connectivity index (χ1) is 7.66. The first-order valence-corrected chi connectivity index (χ1v) is 5.52. The third-order valence-electron chi connectivity index (χ3n) is 2.39. The van der Waals surface area contributed by atoms with Crippen molar-refractivity contribution in [3.63, 3.8) is 0 Å². The van der Waals surface area contributed by atoms with Crippen molar-refractivity contribution in [3.05, 3.63) is 23.8 Å². The second-order valence-electron chi connectivity index (χ2n) is 3.70. The van der Waals surface area contributed by atoms with Crippen LogP contribution < -0.4 is 11.1 Å². The Bertz CT molecular complexity index is 364. The summed E-state index contributed by atoms with van der Waals surface area (Å²) in [5.41, 5.74) is 5.99. The molecule has 0 aliphatic carbocycles. The van der Waals surface area contributed by atoms with Crippen molar-refractivity contribution in [2.75, 3.05) is 11.9 Å². The van der Waals surface area contributed by atoms with Crippen molar-refractivity contribution < 1.29 is 9.90 Å². The molecule has 0 bridgehead atoms. The van der Waals surface area contributed by atoms with Crippen LogP contribution in [0.15, 0.2) is 18.2 Å². The average Bonchev–Trinajstić information content (AvgIpc) is 2.25. The normalized spacial score (nSPS) is 10.1. The first kappa shape index (κ1) is 12.4. The Balaban J connectivity index is 2.73. The van der Waals surface area contributed by atoms with Gasteiger partial charge < -0.3 is 16.2 Å². The number of primary amides is 1. The van der Waals surface area contributed by atoms with Crippen LogP contribution in [0.3, 0.4) is 0 Å². The van der Waals surface area contributed by atoms with E-state index in [0.717, 1.165) is 25.8 Å². The first-order valence-electron chi connectivity index (χ1n) is 5.52. The SMILES string of the molecule is CCCCCNc1c(O)cccc1C(N)=O. The molecular formula is C12H18N2O2. The van der Waals surface area contributed by atoms with Gasteiger partial charge in [-0.3, -0.25) is 4.79 Å². The summed E-state index contributed by atoms with van der Waals surface area (Å²) in [6.07, 6.45) is 3.25. The van der Waals surface area contributed by atoms with Crippen LogP contribution >= 0.6 is 0 Å². The average molecular weight is 222 g/mol. The number of phenols is 1. The van der Waals surface area contributed by atoms with Crippen LogP contribution in [0.25, 0.3) is 0 Å². The highest BCUT2D eigenvalue weighted by Gasteiger charge is 2.10. The van der Waals surface area contributed by atoms with Gasteiger partial charge in [0.25, 0.3) is 5.91 Å². The van der Waals surface area contributed by atoms with Crippen LogP contribution in [-0.4, -0.2) is 17.6 Å². The number of hydrogen-bond acceptors (Lipinski definition) is 3. The summed E-state index contributed by atoms with van der Waals surface area (Å²) in [5, 5.41) is 12.7. The highest BCUT2D eigenvalue weighted by Crippen LogP contribution is 2.26. The van der Waals surface area contributed by atoms with Crippen LogP contribution in [-0.2, 0) is 0 Å². The lowest BCUT2D eigenvalue weighted by molar-refractivity contribution is 0.100. The number of rotatable bonds is 6. The van der Waals surface area contributed by atoms with Gasteiger partial charge in [-0.15, -0.1) is 0 Å². The van der Waals surface area contributed by atoms with Crippen LogP contribution in [0.5, 0.6) is 5.75 Å². The van der Waals surface area contributed by atoms with Crippen LogP contribution in [0, 0.1) is 0 Å². The van der Waals surface area contributed by atoms with Gasteiger partial charge in [0.1, 0.15) is 5.75 Å². The molecule has 0 atom stereocenters. The lowest BCUT2D eigenvalue weighted by Crippen LogP contribution is -2.15. The summed E-state index contributed by atoms with van der Waals surface area (Å²) in [6, 6.07) is 4.74. The second kappa shape index (κ2) is 6.00. The fourth-order valence-corrected chi connectivity index (χ4v) is 1.52.